The van der Waals surface area contributed by atoms with E-state index in [2.05, 4.69) is 73.5 Å². The van der Waals surface area contributed by atoms with Gasteiger partial charge in [-0.05, 0) is 24.3 Å². The molecule has 0 radical (unpaired) electrons. The van der Waals surface area contributed by atoms with Crippen LogP contribution in [0.4, 0.5) is 11.4 Å². The fraction of sp³-hybridized carbons (Fsp3) is 0.417. The third-order valence-electron chi connectivity index (χ3n) is 6.06. The van der Waals surface area contributed by atoms with Crippen LogP contribution in [0.5, 0.6) is 0 Å². The highest BCUT2D eigenvalue weighted by molar-refractivity contribution is 14.0. The first-order valence-electron chi connectivity index (χ1n) is 11.1. The minimum Gasteiger partial charge on any atom is -0.368 e. The summed E-state index contributed by atoms with van der Waals surface area (Å²) in [5.74, 6) is 0.945. The van der Waals surface area contributed by atoms with E-state index in [1.54, 1.807) is 7.05 Å². The molecule has 32 heavy (non-hydrogen) atoms. The van der Waals surface area contributed by atoms with Crippen LogP contribution in [0.15, 0.2) is 65.7 Å². The van der Waals surface area contributed by atoms with Crippen molar-refractivity contribution < 1.29 is 4.79 Å². The summed E-state index contributed by atoms with van der Waals surface area (Å²) in [5, 5.41) is 3.29. The maximum atomic E-state index is 12.7. The number of anilines is 2. The summed E-state index contributed by atoms with van der Waals surface area (Å²) in [5.41, 5.74) is 2.48. The van der Waals surface area contributed by atoms with E-state index in [-0.39, 0.29) is 36.4 Å². The standard InChI is InChI=1S/C24H32N6O.HI/c1-25-24(30-18-14-28(15-19-30)22-10-6-3-7-11-22)26-20-23(31)29-16-12-27(13-17-29)21-8-4-2-5-9-21;/h2-11H,12-20H2,1H3,(H,25,26);1H. The molecule has 7 nitrogen and oxygen atoms in total. The molecule has 0 bridgehead atoms. The number of guanidine groups is 1. The van der Waals surface area contributed by atoms with Gasteiger partial charge in [0, 0.05) is 70.8 Å². The molecule has 2 aliphatic heterocycles. The van der Waals surface area contributed by atoms with E-state index in [0.717, 1.165) is 58.3 Å². The number of nitrogens with zero attached hydrogens (tertiary/aromatic N) is 5. The first kappa shape index (κ1) is 24.2. The van der Waals surface area contributed by atoms with Crippen LogP contribution in [-0.2, 0) is 4.79 Å². The first-order chi connectivity index (χ1) is 15.2. The Morgan fingerprint density at radius 2 is 1.19 bits per heavy atom. The fourth-order valence-corrected chi connectivity index (χ4v) is 4.27. The third kappa shape index (κ3) is 6.05. The van der Waals surface area contributed by atoms with Gasteiger partial charge in [0.05, 0.1) is 6.54 Å². The van der Waals surface area contributed by atoms with Crippen molar-refractivity contribution in [2.75, 3.05) is 75.8 Å². The van der Waals surface area contributed by atoms with Gasteiger partial charge in [-0.3, -0.25) is 9.79 Å². The molecule has 2 saturated heterocycles. The normalized spacial score (nSPS) is 17.1. The van der Waals surface area contributed by atoms with Gasteiger partial charge in [-0.2, -0.15) is 0 Å². The Hall–Kier alpha value is -2.49. The number of piperazine rings is 2. The fourth-order valence-electron chi connectivity index (χ4n) is 4.27. The Bertz CT molecular complexity index is 863. The second-order valence-electron chi connectivity index (χ2n) is 7.91. The van der Waals surface area contributed by atoms with Gasteiger partial charge in [-0.25, -0.2) is 0 Å². The predicted octanol–water partition coefficient (Wildman–Crippen LogP) is 2.35. The number of hydrogen-bond donors (Lipinski definition) is 1. The van der Waals surface area contributed by atoms with Crippen LogP contribution in [0.3, 0.4) is 0 Å². The van der Waals surface area contributed by atoms with E-state index >= 15 is 0 Å². The molecule has 2 aromatic carbocycles. The summed E-state index contributed by atoms with van der Waals surface area (Å²) >= 11 is 0. The minimum absolute atomic E-state index is 0. The van der Waals surface area contributed by atoms with Crippen LogP contribution in [0.2, 0.25) is 0 Å². The van der Waals surface area contributed by atoms with Crippen molar-refractivity contribution in [3.05, 3.63) is 60.7 Å². The smallest absolute Gasteiger partial charge is 0.242 e. The molecule has 4 rings (SSSR count). The Morgan fingerprint density at radius 3 is 1.62 bits per heavy atom. The van der Waals surface area contributed by atoms with Crippen molar-refractivity contribution in [1.82, 2.24) is 15.1 Å². The largest absolute Gasteiger partial charge is 0.368 e. The predicted molar refractivity (Wildman–Crippen MR) is 142 cm³/mol. The molecule has 0 atom stereocenters. The molecule has 2 fully saturated rings. The van der Waals surface area contributed by atoms with Crippen LogP contribution >= 0.6 is 24.0 Å². The zero-order chi connectivity index (χ0) is 21.5. The lowest BCUT2D eigenvalue weighted by Crippen LogP contribution is -2.55. The number of carbonyl (C=O) groups is 1. The van der Waals surface area contributed by atoms with E-state index in [4.69, 9.17) is 0 Å². The molecule has 0 unspecified atom stereocenters. The zero-order valence-corrected chi connectivity index (χ0v) is 21.0. The van der Waals surface area contributed by atoms with Gasteiger partial charge in [-0.15, -0.1) is 24.0 Å². The molecule has 172 valence electrons. The molecule has 8 heteroatoms. The highest BCUT2D eigenvalue weighted by atomic mass is 127. The van der Waals surface area contributed by atoms with E-state index in [9.17, 15) is 4.79 Å². The molecule has 0 spiro atoms. The zero-order valence-electron chi connectivity index (χ0n) is 18.7. The molecule has 0 aliphatic carbocycles. The van der Waals surface area contributed by atoms with Gasteiger partial charge in [0.15, 0.2) is 5.96 Å². The summed E-state index contributed by atoms with van der Waals surface area (Å²) in [6, 6.07) is 20.9. The average molecular weight is 548 g/mol. The third-order valence-corrected chi connectivity index (χ3v) is 6.06. The van der Waals surface area contributed by atoms with Crippen LogP contribution in [-0.4, -0.2) is 87.6 Å². The molecule has 0 aromatic heterocycles. The van der Waals surface area contributed by atoms with Crippen LogP contribution < -0.4 is 15.1 Å². The van der Waals surface area contributed by atoms with Crippen LogP contribution in [0.25, 0.3) is 0 Å². The van der Waals surface area contributed by atoms with E-state index in [1.807, 2.05) is 17.0 Å². The van der Waals surface area contributed by atoms with Gasteiger partial charge in [0.25, 0.3) is 0 Å². The van der Waals surface area contributed by atoms with Gasteiger partial charge >= 0.3 is 0 Å². The van der Waals surface area contributed by atoms with Crippen LogP contribution in [0, 0.1) is 0 Å². The quantitative estimate of drug-likeness (QED) is 0.362. The topological polar surface area (TPSA) is 54.4 Å². The Morgan fingerprint density at radius 1 is 0.750 bits per heavy atom. The molecule has 2 aliphatic rings. The second-order valence-corrected chi connectivity index (χ2v) is 7.91. The lowest BCUT2D eigenvalue weighted by molar-refractivity contribution is -0.130. The summed E-state index contributed by atoms with van der Waals surface area (Å²) in [6.45, 7) is 7.19. The number of aliphatic imine (C=N–C) groups is 1. The summed E-state index contributed by atoms with van der Waals surface area (Å²) in [7, 11) is 1.79. The van der Waals surface area contributed by atoms with Crippen molar-refractivity contribution in [3.8, 4) is 0 Å². The molecule has 1 N–H and O–H groups in total. The molecule has 2 aromatic rings. The Labute approximate surface area is 208 Å². The lowest BCUT2D eigenvalue weighted by atomic mass is 10.2. The Kier molecular flexibility index (Phi) is 9.01. The van der Waals surface area contributed by atoms with Crippen LogP contribution in [0.1, 0.15) is 0 Å². The van der Waals surface area contributed by atoms with Gasteiger partial charge in [0.2, 0.25) is 5.91 Å². The van der Waals surface area contributed by atoms with E-state index in [1.165, 1.54) is 11.4 Å². The summed E-state index contributed by atoms with van der Waals surface area (Å²) in [4.78, 5) is 26.1. The highest BCUT2D eigenvalue weighted by Gasteiger charge is 2.23. The van der Waals surface area contributed by atoms with Gasteiger partial charge in [0.1, 0.15) is 0 Å². The summed E-state index contributed by atoms with van der Waals surface area (Å²) < 4.78 is 0. The van der Waals surface area contributed by atoms with Gasteiger partial charge < -0.3 is 24.9 Å². The number of rotatable bonds is 4. The number of halogens is 1. The Balaban J connectivity index is 0.00000289. The number of amides is 1. The van der Waals surface area contributed by atoms with Crippen molar-refractivity contribution in [1.29, 1.82) is 0 Å². The molecule has 2 heterocycles. The van der Waals surface area contributed by atoms with Crippen molar-refractivity contribution >= 4 is 47.2 Å². The van der Waals surface area contributed by atoms with Gasteiger partial charge in [-0.1, -0.05) is 36.4 Å². The summed E-state index contributed by atoms with van der Waals surface area (Å²) in [6.07, 6.45) is 0. The molecular weight excluding hydrogens is 515 g/mol. The first-order valence-corrected chi connectivity index (χ1v) is 11.1. The number of hydrogen-bond acceptors (Lipinski definition) is 4. The second kappa shape index (κ2) is 11.9. The average Bonchev–Trinajstić information content (AvgIpc) is 2.86. The lowest BCUT2D eigenvalue weighted by Gasteiger charge is -2.38. The minimum atomic E-state index is 0. The van der Waals surface area contributed by atoms with E-state index in [0.29, 0.717) is 0 Å². The maximum Gasteiger partial charge on any atom is 0.242 e. The maximum absolute atomic E-state index is 12.7. The van der Waals surface area contributed by atoms with Crippen molar-refractivity contribution in [2.45, 2.75) is 0 Å². The van der Waals surface area contributed by atoms with E-state index < -0.39 is 0 Å². The number of carbonyl (C=O) groups excluding carboxylic acids is 1. The number of benzene rings is 2. The molecule has 1 amide bonds. The molecule has 0 saturated carbocycles. The van der Waals surface area contributed by atoms with Crippen molar-refractivity contribution in [3.63, 3.8) is 0 Å². The monoisotopic (exact) mass is 548 g/mol. The number of para-hydroxylation sites is 2. The number of nitrogens with one attached hydrogen (secondary N) is 1. The van der Waals surface area contributed by atoms with Crippen molar-refractivity contribution in [2.24, 2.45) is 4.99 Å². The molecular formula is C24H33IN6O. The SMILES string of the molecule is CN=C(NCC(=O)N1CCN(c2ccccc2)CC1)N1CCN(c2ccccc2)CC1.I. The highest BCUT2D eigenvalue weighted by Crippen LogP contribution is 2.16.